The van der Waals surface area contributed by atoms with Crippen LogP contribution in [0, 0.1) is 56.7 Å². The molecule has 0 heterocycles. The normalized spacial score (nSPS) is 38.4. The zero-order chi connectivity index (χ0) is 35.9. The van der Waals surface area contributed by atoms with Gasteiger partial charge in [-0.05, 0) is 157 Å². The maximum absolute atomic E-state index is 14.5. The molecule has 0 radical (unpaired) electrons. The Morgan fingerprint density at radius 3 is 2.20 bits per heavy atom. The highest BCUT2D eigenvalue weighted by atomic mass is 16.5. The average molecular weight is 678 g/mol. The van der Waals surface area contributed by atoms with Crippen molar-refractivity contribution >= 4 is 17.4 Å². The van der Waals surface area contributed by atoms with Gasteiger partial charge in [-0.25, -0.2) is 4.79 Å². The van der Waals surface area contributed by atoms with Gasteiger partial charge in [0.15, 0.2) is 0 Å². The minimum Gasteiger partial charge on any atom is -0.497 e. The van der Waals surface area contributed by atoms with Gasteiger partial charge in [0, 0.05) is 6.54 Å². The molecule has 4 saturated carbocycles. The van der Waals surface area contributed by atoms with E-state index in [4.69, 9.17) is 4.74 Å². The number of amides is 1. The first-order valence-corrected chi connectivity index (χ1v) is 19.2. The molecular formula is C45H59NO4. The molecule has 2 aromatic rings. The number of aromatic carboxylic acids is 1. The summed E-state index contributed by atoms with van der Waals surface area (Å²) in [4.78, 5) is 26.1. The average Bonchev–Trinajstić information content (AvgIpc) is 3.49. The van der Waals surface area contributed by atoms with E-state index in [9.17, 15) is 14.7 Å². The summed E-state index contributed by atoms with van der Waals surface area (Å²) in [7, 11) is 1.68. The molecule has 0 aliphatic heterocycles. The van der Waals surface area contributed by atoms with Gasteiger partial charge in [-0.2, -0.15) is 0 Å². The highest BCUT2D eigenvalue weighted by Gasteiger charge is 2.71. The summed E-state index contributed by atoms with van der Waals surface area (Å²) < 4.78 is 5.35. The first-order valence-electron chi connectivity index (χ1n) is 19.2. The maximum Gasteiger partial charge on any atom is 0.335 e. The lowest BCUT2D eigenvalue weighted by Crippen LogP contribution is -2.66. The topological polar surface area (TPSA) is 75.6 Å². The van der Waals surface area contributed by atoms with Gasteiger partial charge in [0.05, 0.1) is 18.1 Å². The van der Waals surface area contributed by atoms with E-state index in [0.717, 1.165) is 49.0 Å². The number of hydrogen-bond donors (Lipinski definition) is 2. The van der Waals surface area contributed by atoms with Crippen LogP contribution in [0.2, 0.25) is 0 Å². The summed E-state index contributed by atoms with van der Waals surface area (Å²) in [6, 6.07) is 15.6. The fourth-order valence-electron chi connectivity index (χ4n) is 13.5. The molecule has 0 spiro atoms. The van der Waals surface area contributed by atoms with Gasteiger partial charge >= 0.3 is 5.97 Å². The Morgan fingerprint density at radius 1 is 0.860 bits per heavy atom. The molecule has 2 N–H and O–H groups in total. The van der Waals surface area contributed by atoms with Crippen molar-refractivity contribution in [3.05, 3.63) is 83.4 Å². The van der Waals surface area contributed by atoms with E-state index in [0.29, 0.717) is 41.7 Å². The maximum atomic E-state index is 14.5. The molecule has 2 aromatic carbocycles. The van der Waals surface area contributed by atoms with Gasteiger partial charge in [0.1, 0.15) is 5.75 Å². The van der Waals surface area contributed by atoms with Crippen LogP contribution in [0.3, 0.4) is 0 Å². The van der Waals surface area contributed by atoms with Gasteiger partial charge in [0.2, 0.25) is 5.91 Å². The molecule has 4 fully saturated rings. The number of carbonyl (C=O) groups is 2. The Morgan fingerprint density at radius 2 is 1.56 bits per heavy atom. The molecule has 268 valence electrons. The van der Waals surface area contributed by atoms with Gasteiger partial charge in [0.25, 0.3) is 0 Å². The summed E-state index contributed by atoms with van der Waals surface area (Å²) in [5.74, 6) is 2.61. The van der Waals surface area contributed by atoms with Crippen molar-refractivity contribution in [3.63, 3.8) is 0 Å². The zero-order valence-electron chi connectivity index (χ0n) is 31.5. The van der Waals surface area contributed by atoms with Gasteiger partial charge in [-0.1, -0.05) is 77.1 Å². The summed E-state index contributed by atoms with van der Waals surface area (Å²) in [5.41, 5.74) is 5.43. The Kier molecular flexibility index (Phi) is 8.51. The Hall–Kier alpha value is -3.34. The smallest absolute Gasteiger partial charge is 0.335 e. The molecule has 5 aliphatic carbocycles. The third kappa shape index (κ3) is 4.99. The predicted molar refractivity (Wildman–Crippen MR) is 201 cm³/mol. The van der Waals surface area contributed by atoms with Crippen molar-refractivity contribution in [2.75, 3.05) is 7.11 Å². The van der Waals surface area contributed by atoms with Crippen LogP contribution in [-0.2, 0) is 11.3 Å². The van der Waals surface area contributed by atoms with Gasteiger partial charge in [-0.15, -0.1) is 0 Å². The second-order valence-electron chi connectivity index (χ2n) is 18.3. The van der Waals surface area contributed by atoms with Crippen LogP contribution in [0.4, 0.5) is 0 Å². The number of methoxy groups -OCH3 is 1. The van der Waals surface area contributed by atoms with Crippen molar-refractivity contribution in [1.82, 2.24) is 5.32 Å². The molecule has 9 unspecified atom stereocenters. The van der Waals surface area contributed by atoms with Crippen LogP contribution in [0.25, 0.3) is 5.57 Å². The van der Waals surface area contributed by atoms with Crippen molar-refractivity contribution in [2.45, 2.75) is 106 Å². The monoisotopic (exact) mass is 677 g/mol. The molecule has 7 rings (SSSR count). The number of ether oxygens (including phenoxy) is 1. The van der Waals surface area contributed by atoms with E-state index >= 15 is 0 Å². The fourth-order valence-corrected chi connectivity index (χ4v) is 13.5. The Labute approximate surface area is 300 Å². The van der Waals surface area contributed by atoms with Crippen molar-refractivity contribution in [2.24, 2.45) is 56.7 Å². The lowest BCUT2D eigenvalue weighted by Gasteiger charge is -2.72. The largest absolute Gasteiger partial charge is 0.497 e. The number of hydrogen-bond acceptors (Lipinski definition) is 3. The standard InChI is InChI=1S/C45H59NO4/c1-28(2)33-19-24-45(40(49)46-27-29-9-15-32(50-8)16-10-29)26-25-43(6)35(38(33)45)17-18-37-42(5)22-20-34(30-11-13-31(14-12-30)39(47)48)41(3,4)36(42)21-23-44(37,43)7/h9-16,20,33,35-38H,1,17-19,21-27H2,2-8H3,(H,46,49)(H,47,48). The van der Waals surface area contributed by atoms with Crippen LogP contribution in [0.15, 0.2) is 66.8 Å². The molecule has 1 amide bonds. The lowest BCUT2D eigenvalue weighted by molar-refractivity contribution is -0.225. The number of rotatable bonds is 7. The summed E-state index contributed by atoms with van der Waals surface area (Å²) in [5, 5.41) is 12.9. The third-order valence-electron chi connectivity index (χ3n) is 16.2. The second-order valence-corrected chi connectivity index (χ2v) is 18.3. The van der Waals surface area contributed by atoms with E-state index in [-0.39, 0.29) is 33.0 Å². The van der Waals surface area contributed by atoms with E-state index in [2.05, 4.69) is 71.6 Å². The number of fused-ring (bicyclic) bond motifs is 7. The van der Waals surface area contributed by atoms with Crippen LogP contribution >= 0.6 is 0 Å². The number of allylic oxidation sites excluding steroid dienone is 3. The number of benzene rings is 2. The van der Waals surface area contributed by atoms with E-state index < -0.39 is 5.97 Å². The molecule has 5 aliphatic rings. The molecule has 50 heavy (non-hydrogen) atoms. The quantitative estimate of drug-likeness (QED) is 0.286. The summed E-state index contributed by atoms with van der Waals surface area (Å²) >= 11 is 0. The van der Waals surface area contributed by atoms with E-state index in [1.165, 1.54) is 36.8 Å². The molecule has 5 nitrogen and oxygen atoms in total. The van der Waals surface area contributed by atoms with Crippen LogP contribution in [-0.4, -0.2) is 24.1 Å². The second kappa shape index (κ2) is 12.1. The molecule has 5 heteroatoms. The number of carbonyl (C=O) groups excluding carboxylic acids is 1. The minimum absolute atomic E-state index is 0.0168. The van der Waals surface area contributed by atoms with Gasteiger partial charge < -0.3 is 15.2 Å². The number of nitrogens with one attached hydrogen (secondary N) is 1. The van der Waals surface area contributed by atoms with Crippen LogP contribution in [0.5, 0.6) is 5.75 Å². The van der Waals surface area contributed by atoms with Gasteiger partial charge in [-0.3, -0.25) is 4.79 Å². The zero-order valence-corrected chi connectivity index (χ0v) is 31.5. The lowest BCUT2D eigenvalue weighted by atomic mass is 9.32. The molecule has 0 saturated heterocycles. The molecule has 0 aromatic heterocycles. The highest BCUT2D eigenvalue weighted by Crippen LogP contribution is 2.77. The fraction of sp³-hybridized carbons (Fsp3) is 0.600. The van der Waals surface area contributed by atoms with E-state index in [1.807, 2.05) is 24.3 Å². The summed E-state index contributed by atoms with van der Waals surface area (Å²) in [6.45, 7) is 20.1. The molecular weight excluding hydrogens is 618 g/mol. The van der Waals surface area contributed by atoms with E-state index in [1.54, 1.807) is 19.2 Å². The summed E-state index contributed by atoms with van der Waals surface area (Å²) in [6.07, 6.45) is 12.5. The SMILES string of the molecule is C=C(C)C1CCC2(C(=O)NCc3ccc(OC)cc3)CCC3(C)C(CCC4C5(C)CC=C(c6ccc(C(=O)O)cc6)C(C)(C)C5CCC43C)C12. The highest BCUT2D eigenvalue weighted by molar-refractivity contribution is 5.88. The molecule has 0 bridgehead atoms. The Balaban J connectivity index is 1.18. The minimum atomic E-state index is -0.877. The molecule has 9 atom stereocenters. The predicted octanol–water partition coefficient (Wildman–Crippen LogP) is 10.4. The first kappa shape index (κ1) is 35.1. The number of carboxylic acid groups (broad SMARTS) is 1. The van der Waals surface area contributed by atoms with Crippen LogP contribution < -0.4 is 10.1 Å². The Bertz CT molecular complexity index is 1710. The van der Waals surface area contributed by atoms with Crippen LogP contribution in [0.1, 0.15) is 121 Å². The van der Waals surface area contributed by atoms with Crippen molar-refractivity contribution in [3.8, 4) is 5.75 Å². The number of carboxylic acids is 1. The third-order valence-corrected chi connectivity index (χ3v) is 16.2. The first-order chi connectivity index (χ1) is 23.6. The van der Waals surface area contributed by atoms with Crippen molar-refractivity contribution < 1.29 is 19.4 Å². The van der Waals surface area contributed by atoms with Crippen molar-refractivity contribution in [1.29, 1.82) is 0 Å².